The number of aromatic hydroxyl groups is 1. The third-order valence-corrected chi connectivity index (χ3v) is 1.94. The molecule has 0 unspecified atom stereocenters. The quantitative estimate of drug-likeness (QED) is 0.597. The lowest BCUT2D eigenvalue weighted by Crippen LogP contribution is -2.02. The maximum Gasteiger partial charge on any atom is 0.328 e. The number of hydrogen-bond donors (Lipinski definition) is 4. The Balaban J connectivity index is 0.000000399. The van der Waals surface area contributed by atoms with Crippen molar-refractivity contribution in [2.24, 2.45) is 5.73 Å². The van der Waals surface area contributed by atoms with E-state index in [2.05, 4.69) is 0 Å². The SMILES string of the molecule is NCCCC(=O)O.O=C(O)/C=C/c1ccccc1O. The summed E-state index contributed by atoms with van der Waals surface area (Å²) in [6.45, 7) is 0.465. The molecule has 0 aliphatic rings. The number of phenolic OH excluding ortho intramolecular Hbond substituents is 1. The van der Waals surface area contributed by atoms with E-state index in [0.29, 0.717) is 18.5 Å². The maximum absolute atomic E-state index is 10.1. The Morgan fingerprint density at radius 3 is 2.26 bits per heavy atom. The Kier molecular flexibility index (Phi) is 8.48. The summed E-state index contributed by atoms with van der Waals surface area (Å²) in [7, 11) is 0. The van der Waals surface area contributed by atoms with Crippen molar-refractivity contribution in [2.45, 2.75) is 12.8 Å². The van der Waals surface area contributed by atoms with E-state index in [4.69, 9.17) is 15.9 Å². The highest BCUT2D eigenvalue weighted by atomic mass is 16.4. The molecule has 0 saturated carbocycles. The van der Waals surface area contributed by atoms with Gasteiger partial charge in [-0.05, 0) is 25.1 Å². The van der Waals surface area contributed by atoms with Gasteiger partial charge in [0, 0.05) is 18.1 Å². The fourth-order valence-electron chi connectivity index (χ4n) is 1.04. The van der Waals surface area contributed by atoms with Crippen LogP contribution in [0, 0.1) is 0 Å². The molecule has 19 heavy (non-hydrogen) atoms. The van der Waals surface area contributed by atoms with Crippen LogP contribution in [0.25, 0.3) is 6.08 Å². The number of benzene rings is 1. The zero-order valence-corrected chi connectivity index (χ0v) is 10.3. The summed E-state index contributed by atoms with van der Waals surface area (Å²) in [5.74, 6) is -1.72. The lowest BCUT2D eigenvalue weighted by atomic mass is 10.2. The molecule has 0 bridgehead atoms. The monoisotopic (exact) mass is 267 g/mol. The van der Waals surface area contributed by atoms with Crippen LogP contribution in [0.15, 0.2) is 30.3 Å². The molecule has 1 rings (SSSR count). The van der Waals surface area contributed by atoms with Gasteiger partial charge in [0.15, 0.2) is 0 Å². The van der Waals surface area contributed by atoms with Crippen LogP contribution in [0.2, 0.25) is 0 Å². The number of carboxylic acid groups (broad SMARTS) is 2. The molecule has 0 spiro atoms. The van der Waals surface area contributed by atoms with E-state index in [9.17, 15) is 14.7 Å². The third-order valence-electron chi connectivity index (χ3n) is 1.94. The van der Waals surface area contributed by atoms with Crippen molar-refractivity contribution >= 4 is 18.0 Å². The summed E-state index contributed by atoms with van der Waals surface area (Å²) < 4.78 is 0. The van der Waals surface area contributed by atoms with Gasteiger partial charge in [-0.15, -0.1) is 0 Å². The second-order valence-electron chi connectivity index (χ2n) is 3.52. The first-order valence-corrected chi connectivity index (χ1v) is 5.58. The van der Waals surface area contributed by atoms with Gasteiger partial charge in [0.1, 0.15) is 5.75 Å². The largest absolute Gasteiger partial charge is 0.507 e. The third kappa shape index (κ3) is 9.37. The van der Waals surface area contributed by atoms with Crippen molar-refractivity contribution < 1.29 is 24.9 Å². The first kappa shape index (κ1) is 16.7. The van der Waals surface area contributed by atoms with Crippen molar-refractivity contribution in [3.8, 4) is 5.75 Å². The zero-order valence-electron chi connectivity index (χ0n) is 10.3. The molecule has 0 radical (unpaired) electrons. The van der Waals surface area contributed by atoms with Crippen LogP contribution in [0.5, 0.6) is 5.75 Å². The van der Waals surface area contributed by atoms with Gasteiger partial charge in [-0.3, -0.25) is 4.79 Å². The fourth-order valence-corrected chi connectivity index (χ4v) is 1.04. The van der Waals surface area contributed by atoms with Crippen molar-refractivity contribution in [2.75, 3.05) is 6.54 Å². The molecule has 1 aromatic rings. The summed E-state index contributed by atoms with van der Waals surface area (Å²) in [4.78, 5) is 19.8. The number of carboxylic acids is 2. The average Bonchev–Trinajstić information content (AvgIpc) is 2.36. The topological polar surface area (TPSA) is 121 Å². The number of aliphatic carboxylic acids is 2. The second kappa shape index (κ2) is 9.67. The molecule has 104 valence electrons. The highest BCUT2D eigenvalue weighted by Crippen LogP contribution is 2.16. The first-order chi connectivity index (χ1) is 8.97. The Labute approximate surface area is 110 Å². The van der Waals surface area contributed by atoms with Crippen LogP contribution in [0.1, 0.15) is 18.4 Å². The molecule has 0 atom stereocenters. The molecule has 0 amide bonds. The van der Waals surface area contributed by atoms with Crippen LogP contribution >= 0.6 is 0 Å². The fraction of sp³-hybridized carbons (Fsp3) is 0.231. The molecule has 0 aromatic heterocycles. The van der Waals surface area contributed by atoms with E-state index in [0.717, 1.165) is 6.08 Å². The molecule has 0 fully saturated rings. The van der Waals surface area contributed by atoms with Crippen LogP contribution in [0.4, 0.5) is 0 Å². The van der Waals surface area contributed by atoms with E-state index in [1.54, 1.807) is 18.2 Å². The van der Waals surface area contributed by atoms with Crippen LogP contribution < -0.4 is 5.73 Å². The second-order valence-corrected chi connectivity index (χ2v) is 3.52. The standard InChI is InChI=1S/C9H8O3.C4H9NO2/c10-8-4-2-1-3-7(8)5-6-9(11)12;5-3-1-2-4(6)7/h1-6,10H,(H,11,12);1-3,5H2,(H,6,7)/b6-5+;. The van der Waals surface area contributed by atoms with E-state index < -0.39 is 11.9 Å². The molecule has 0 aliphatic carbocycles. The van der Waals surface area contributed by atoms with Crippen LogP contribution in [0.3, 0.4) is 0 Å². The molecule has 0 aliphatic heterocycles. The minimum Gasteiger partial charge on any atom is -0.507 e. The number of hydrogen-bond acceptors (Lipinski definition) is 4. The smallest absolute Gasteiger partial charge is 0.328 e. The Morgan fingerprint density at radius 2 is 1.84 bits per heavy atom. The van der Waals surface area contributed by atoms with Gasteiger partial charge in [0.25, 0.3) is 0 Å². The molecule has 6 nitrogen and oxygen atoms in total. The van der Waals surface area contributed by atoms with Gasteiger partial charge in [-0.25, -0.2) is 4.79 Å². The summed E-state index contributed by atoms with van der Waals surface area (Å²) in [5.41, 5.74) is 5.51. The molecular formula is C13H17NO5. The minimum atomic E-state index is -1.03. The van der Waals surface area contributed by atoms with Crippen LogP contribution in [-0.2, 0) is 9.59 Å². The Morgan fingerprint density at radius 1 is 1.21 bits per heavy atom. The van der Waals surface area contributed by atoms with Crippen molar-refractivity contribution in [1.29, 1.82) is 0 Å². The summed E-state index contributed by atoms with van der Waals surface area (Å²) in [5, 5.41) is 25.5. The minimum absolute atomic E-state index is 0.0787. The van der Waals surface area contributed by atoms with Gasteiger partial charge in [-0.1, -0.05) is 18.2 Å². The predicted molar refractivity (Wildman–Crippen MR) is 70.7 cm³/mol. The van der Waals surface area contributed by atoms with Gasteiger partial charge in [0.2, 0.25) is 0 Å². The zero-order chi connectivity index (χ0) is 14.7. The van der Waals surface area contributed by atoms with Crippen LogP contribution in [-0.4, -0.2) is 33.8 Å². The molecule has 0 heterocycles. The Bertz CT molecular complexity index is 442. The van der Waals surface area contributed by atoms with Gasteiger partial charge in [0.05, 0.1) is 0 Å². The normalized spacial score (nSPS) is 9.74. The summed E-state index contributed by atoms with van der Waals surface area (Å²) in [6, 6.07) is 6.53. The molecular weight excluding hydrogens is 250 g/mol. The number of para-hydroxylation sites is 1. The predicted octanol–water partition coefficient (Wildman–Crippen LogP) is 1.30. The summed E-state index contributed by atoms with van der Waals surface area (Å²) >= 11 is 0. The van der Waals surface area contributed by atoms with E-state index in [1.165, 1.54) is 12.1 Å². The van der Waals surface area contributed by atoms with Crippen molar-refractivity contribution in [3.63, 3.8) is 0 Å². The number of phenols is 1. The van der Waals surface area contributed by atoms with E-state index >= 15 is 0 Å². The molecule has 0 saturated heterocycles. The lowest BCUT2D eigenvalue weighted by molar-refractivity contribution is -0.137. The Hall–Kier alpha value is -2.34. The highest BCUT2D eigenvalue weighted by Gasteiger charge is 1.94. The molecule has 6 heteroatoms. The van der Waals surface area contributed by atoms with Crippen molar-refractivity contribution in [1.82, 2.24) is 0 Å². The number of rotatable bonds is 5. The number of nitrogens with two attached hydrogens (primary N) is 1. The molecule has 1 aromatic carbocycles. The van der Waals surface area contributed by atoms with Crippen molar-refractivity contribution in [3.05, 3.63) is 35.9 Å². The average molecular weight is 267 g/mol. The van der Waals surface area contributed by atoms with E-state index in [-0.39, 0.29) is 12.2 Å². The first-order valence-electron chi connectivity index (χ1n) is 5.58. The lowest BCUT2D eigenvalue weighted by Gasteiger charge is -1.95. The molecule has 5 N–H and O–H groups in total. The maximum atomic E-state index is 10.1. The van der Waals surface area contributed by atoms with E-state index in [1.807, 2.05) is 0 Å². The highest BCUT2D eigenvalue weighted by molar-refractivity contribution is 5.85. The number of carbonyl (C=O) groups is 2. The van der Waals surface area contributed by atoms with Gasteiger partial charge < -0.3 is 21.1 Å². The van der Waals surface area contributed by atoms with Gasteiger partial charge in [-0.2, -0.15) is 0 Å². The van der Waals surface area contributed by atoms with Gasteiger partial charge >= 0.3 is 11.9 Å². The summed E-state index contributed by atoms with van der Waals surface area (Å²) in [6.07, 6.45) is 3.10.